The van der Waals surface area contributed by atoms with Crippen LogP contribution in [0.15, 0.2) is 30.3 Å². The number of nitrogens with one attached hydrogen (secondary N) is 1. The van der Waals surface area contributed by atoms with E-state index < -0.39 is 0 Å². The van der Waals surface area contributed by atoms with E-state index in [0.717, 1.165) is 23.5 Å². The second kappa shape index (κ2) is 5.47. The van der Waals surface area contributed by atoms with Gasteiger partial charge in [-0.25, -0.2) is 0 Å². The van der Waals surface area contributed by atoms with Crippen LogP contribution in [0, 0.1) is 0 Å². The fourth-order valence-corrected chi connectivity index (χ4v) is 2.25. The van der Waals surface area contributed by atoms with E-state index in [2.05, 4.69) is 25.9 Å². The quantitative estimate of drug-likeness (QED) is 0.779. The summed E-state index contributed by atoms with van der Waals surface area (Å²) in [5.74, 6) is 2.29. The zero-order chi connectivity index (χ0) is 14.8. The highest BCUT2D eigenvalue weighted by Crippen LogP contribution is 2.30. The summed E-state index contributed by atoms with van der Waals surface area (Å²) in [7, 11) is 0. The molecule has 0 spiro atoms. The first kappa shape index (κ1) is 12.8. The number of ether oxygens (including phenoxy) is 2. The fraction of sp³-hybridized carbons (Fsp3) is 0.286. The van der Waals surface area contributed by atoms with Crippen molar-refractivity contribution in [1.82, 2.24) is 25.3 Å². The van der Waals surface area contributed by atoms with Crippen LogP contribution >= 0.6 is 0 Å². The Bertz CT molecular complexity index is 803. The topological polar surface area (TPSA) is 86.5 Å². The van der Waals surface area contributed by atoms with Crippen LogP contribution in [0.5, 0.6) is 11.5 Å². The molecule has 0 saturated carbocycles. The monoisotopic (exact) mass is 298 g/mol. The minimum Gasteiger partial charge on any atom is -0.490 e. The Labute approximate surface area is 126 Å². The maximum atomic E-state index is 5.69. The third-order valence-electron chi connectivity index (χ3n) is 3.36. The predicted molar refractivity (Wildman–Crippen MR) is 78.0 cm³/mol. The lowest BCUT2D eigenvalue weighted by atomic mass is 10.2. The van der Waals surface area contributed by atoms with Crippen LogP contribution < -0.4 is 14.8 Å². The summed E-state index contributed by atoms with van der Waals surface area (Å²) in [5, 5.41) is 18.7. The maximum Gasteiger partial charge on any atom is 0.200 e. The van der Waals surface area contributed by atoms with E-state index in [1.165, 1.54) is 4.63 Å². The van der Waals surface area contributed by atoms with Crippen molar-refractivity contribution in [2.45, 2.75) is 13.0 Å². The van der Waals surface area contributed by atoms with E-state index in [9.17, 15) is 0 Å². The molecule has 0 aliphatic carbocycles. The summed E-state index contributed by atoms with van der Waals surface area (Å²) in [6.45, 7) is 2.00. The number of anilines is 1. The van der Waals surface area contributed by atoms with Gasteiger partial charge in [0.25, 0.3) is 0 Å². The van der Waals surface area contributed by atoms with Crippen molar-refractivity contribution in [1.29, 1.82) is 0 Å². The normalized spacial score (nSPS) is 13.8. The Morgan fingerprint density at radius 1 is 1.09 bits per heavy atom. The molecule has 0 amide bonds. The highest BCUT2D eigenvalue weighted by Gasteiger charge is 2.10. The third-order valence-corrected chi connectivity index (χ3v) is 3.36. The van der Waals surface area contributed by atoms with Gasteiger partial charge in [0.15, 0.2) is 17.1 Å². The van der Waals surface area contributed by atoms with Gasteiger partial charge in [-0.15, -0.1) is 14.8 Å². The van der Waals surface area contributed by atoms with Gasteiger partial charge in [-0.3, -0.25) is 0 Å². The van der Waals surface area contributed by atoms with Gasteiger partial charge in [0.05, 0.1) is 13.2 Å². The summed E-state index contributed by atoms with van der Waals surface area (Å²) >= 11 is 0. The zero-order valence-corrected chi connectivity index (χ0v) is 11.8. The third kappa shape index (κ3) is 2.50. The molecule has 8 nitrogen and oxygen atoms in total. The summed E-state index contributed by atoms with van der Waals surface area (Å²) in [4.78, 5) is 0. The summed E-state index contributed by atoms with van der Waals surface area (Å²) in [5.41, 5.74) is 1.70. The molecule has 0 saturated heterocycles. The maximum absolute atomic E-state index is 5.69. The number of fused-ring (bicyclic) bond motifs is 2. The number of tetrazole rings is 1. The molecule has 0 unspecified atom stereocenters. The second-order valence-electron chi connectivity index (χ2n) is 4.93. The summed E-state index contributed by atoms with van der Waals surface area (Å²) in [6, 6.07) is 9.59. The van der Waals surface area contributed by atoms with Crippen molar-refractivity contribution < 1.29 is 9.47 Å². The number of rotatable bonds is 3. The highest BCUT2D eigenvalue weighted by atomic mass is 16.5. The van der Waals surface area contributed by atoms with Gasteiger partial charge in [-0.2, -0.15) is 0 Å². The van der Waals surface area contributed by atoms with Gasteiger partial charge in [-0.05, 0) is 40.3 Å². The number of nitrogens with zero attached hydrogens (tertiary/aromatic N) is 5. The van der Waals surface area contributed by atoms with E-state index in [1.807, 2.05) is 30.3 Å². The minimum atomic E-state index is 0.612. The van der Waals surface area contributed by atoms with Crippen molar-refractivity contribution in [3.8, 4) is 11.5 Å². The van der Waals surface area contributed by atoms with Gasteiger partial charge >= 0.3 is 0 Å². The molecule has 1 aromatic carbocycles. The zero-order valence-electron chi connectivity index (χ0n) is 11.8. The Morgan fingerprint density at radius 3 is 2.95 bits per heavy atom. The lowest BCUT2D eigenvalue weighted by Crippen LogP contribution is -2.05. The highest BCUT2D eigenvalue weighted by molar-refractivity contribution is 5.46. The van der Waals surface area contributed by atoms with E-state index >= 15 is 0 Å². The molecule has 3 heterocycles. The van der Waals surface area contributed by atoms with Crippen molar-refractivity contribution in [3.63, 3.8) is 0 Å². The van der Waals surface area contributed by atoms with Crippen LogP contribution in [-0.2, 0) is 6.54 Å². The van der Waals surface area contributed by atoms with Crippen LogP contribution in [0.25, 0.3) is 5.65 Å². The first-order chi connectivity index (χ1) is 10.9. The van der Waals surface area contributed by atoms with Crippen LogP contribution in [-0.4, -0.2) is 38.5 Å². The Hall–Kier alpha value is -2.90. The average Bonchev–Trinajstić information content (AvgIpc) is 2.89. The van der Waals surface area contributed by atoms with Crippen LogP contribution in [0.4, 0.5) is 5.82 Å². The smallest absolute Gasteiger partial charge is 0.200 e. The van der Waals surface area contributed by atoms with Crippen molar-refractivity contribution in [3.05, 3.63) is 35.9 Å². The van der Waals surface area contributed by atoms with E-state index in [1.54, 1.807) is 0 Å². The van der Waals surface area contributed by atoms with Gasteiger partial charge in [0.1, 0.15) is 5.82 Å². The molecule has 0 bridgehead atoms. The van der Waals surface area contributed by atoms with Crippen molar-refractivity contribution >= 4 is 11.5 Å². The molecule has 1 aliphatic rings. The SMILES string of the molecule is c1cc2c(cc1CNc1ccc3nnnn3n1)OCCCO2. The lowest BCUT2D eigenvalue weighted by Gasteiger charge is -2.10. The first-order valence-electron chi connectivity index (χ1n) is 7.06. The minimum absolute atomic E-state index is 0.612. The Morgan fingerprint density at radius 2 is 2.00 bits per heavy atom. The lowest BCUT2D eigenvalue weighted by molar-refractivity contribution is 0.297. The molecule has 3 aromatic rings. The molecule has 0 fully saturated rings. The van der Waals surface area contributed by atoms with Crippen molar-refractivity contribution in [2.24, 2.45) is 0 Å². The summed E-state index contributed by atoms with van der Waals surface area (Å²) in [6.07, 6.45) is 0.901. The average molecular weight is 298 g/mol. The van der Waals surface area contributed by atoms with Gasteiger partial charge in [0, 0.05) is 13.0 Å². The Balaban J connectivity index is 1.50. The van der Waals surface area contributed by atoms with E-state index in [-0.39, 0.29) is 0 Å². The molecule has 22 heavy (non-hydrogen) atoms. The van der Waals surface area contributed by atoms with E-state index in [4.69, 9.17) is 9.47 Å². The standard InChI is InChI=1S/C14H14N6O2/c1-6-21-11-3-2-10(8-12(11)22-7-1)9-15-13-4-5-14-16-18-19-20(14)17-13/h2-5,8H,1,6-7,9H2,(H,15,17). The molecular weight excluding hydrogens is 284 g/mol. The number of hydrogen-bond donors (Lipinski definition) is 1. The van der Waals surface area contributed by atoms with Crippen LogP contribution in [0.3, 0.4) is 0 Å². The molecule has 0 radical (unpaired) electrons. The number of hydrogen-bond acceptors (Lipinski definition) is 7. The predicted octanol–water partition coefficient (Wildman–Crippen LogP) is 1.29. The Kier molecular flexibility index (Phi) is 3.19. The largest absolute Gasteiger partial charge is 0.490 e. The van der Waals surface area contributed by atoms with Crippen LogP contribution in [0.2, 0.25) is 0 Å². The molecule has 2 aromatic heterocycles. The van der Waals surface area contributed by atoms with Gasteiger partial charge in [0.2, 0.25) is 0 Å². The van der Waals surface area contributed by atoms with Crippen molar-refractivity contribution in [2.75, 3.05) is 18.5 Å². The fourth-order valence-electron chi connectivity index (χ4n) is 2.25. The number of aromatic nitrogens is 5. The molecule has 8 heteroatoms. The van der Waals surface area contributed by atoms with E-state index in [0.29, 0.717) is 31.2 Å². The van der Waals surface area contributed by atoms with Gasteiger partial charge in [-0.1, -0.05) is 6.07 Å². The first-order valence-corrected chi connectivity index (χ1v) is 7.06. The molecule has 1 N–H and O–H groups in total. The molecule has 0 atom stereocenters. The van der Waals surface area contributed by atoms with Crippen LogP contribution in [0.1, 0.15) is 12.0 Å². The van der Waals surface area contributed by atoms with Gasteiger partial charge < -0.3 is 14.8 Å². The summed E-state index contributed by atoms with van der Waals surface area (Å²) < 4.78 is 12.7. The number of benzene rings is 1. The molecule has 112 valence electrons. The molecular formula is C14H14N6O2. The molecule has 4 rings (SSSR count). The second-order valence-corrected chi connectivity index (χ2v) is 4.93. The molecule has 1 aliphatic heterocycles.